The second kappa shape index (κ2) is 5.82. The van der Waals surface area contributed by atoms with Gasteiger partial charge in [-0.1, -0.05) is 0 Å². The molecule has 0 radical (unpaired) electrons. The van der Waals surface area contributed by atoms with Crippen molar-refractivity contribution in [2.24, 2.45) is 0 Å². The predicted molar refractivity (Wildman–Crippen MR) is 67.5 cm³/mol. The molecule has 1 aromatic heterocycles. The van der Waals surface area contributed by atoms with Crippen LogP contribution in [0.15, 0.2) is 12.5 Å². The monoisotopic (exact) mass is 238 g/mol. The molecule has 0 aromatic carbocycles. The van der Waals surface area contributed by atoms with Crippen LogP contribution < -0.4 is 10.6 Å². The van der Waals surface area contributed by atoms with Gasteiger partial charge in [0.25, 0.3) is 0 Å². The SMILES string of the molecule is CNCc1cncn1CCC(=O)NC(C)(C)C. The molecule has 0 saturated carbocycles. The average molecular weight is 238 g/mol. The molecule has 0 fully saturated rings. The number of hydrogen-bond donors (Lipinski definition) is 2. The van der Waals surface area contributed by atoms with Crippen molar-refractivity contribution in [1.29, 1.82) is 0 Å². The number of nitrogens with zero attached hydrogens (tertiary/aromatic N) is 2. The van der Waals surface area contributed by atoms with Gasteiger partial charge >= 0.3 is 0 Å². The normalized spacial score (nSPS) is 11.5. The number of aryl methyl sites for hydroxylation is 1. The van der Waals surface area contributed by atoms with Gasteiger partial charge in [0.15, 0.2) is 0 Å². The Morgan fingerprint density at radius 2 is 2.18 bits per heavy atom. The van der Waals surface area contributed by atoms with Gasteiger partial charge in [0.1, 0.15) is 0 Å². The third-order valence-electron chi connectivity index (χ3n) is 2.25. The van der Waals surface area contributed by atoms with E-state index >= 15 is 0 Å². The van der Waals surface area contributed by atoms with E-state index in [0.29, 0.717) is 13.0 Å². The Bertz CT molecular complexity index is 365. The van der Waals surface area contributed by atoms with Crippen molar-refractivity contribution >= 4 is 5.91 Å². The maximum Gasteiger partial charge on any atom is 0.222 e. The Kier molecular flexibility index (Phi) is 4.69. The Labute approximate surface area is 103 Å². The van der Waals surface area contributed by atoms with Gasteiger partial charge in [0.2, 0.25) is 5.91 Å². The maximum absolute atomic E-state index is 11.7. The summed E-state index contributed by atoms with van der Waals surface area (Å²) in [4.78, 5) is 15.7. The van der Waals surface area contributed by atoms with E-state index in [-0.39, 0.29) is 11.4 Å². The lowest BCUT2D eigenvalue weighted by Gasteiger charge is -2.20. The van der Waals surface area contributed by atoms with Gasteiger partial charge in [-0.15, -0.1) is 0 Å². The molecule has 0 aliphatic rings. The first-order valence-electron chi connectivity index (χ1n) is 5.87. The summed E-state index contributed by atoms with van der Waals surface area (Å²) in [5.41, 5.74) is 0.927. The number of amides is 1. The fourth-order valence-corrected chi connectivity index (χ4v) is 1.58. The molecule has 17 heavy (non-hydrogen) atoms. The Morgan fingerprint density at radius 3 is 2.76 bits per heavy atom. The van der Waals surface area contributed by atoms with Gasteiger partial charge in [0.05, 0.1) is 12.0 Å². The summed E-state index contributed by atoms with van der Waals surface area (Å²) in [6, 6.07) is 0. The van der Waals surface area contributed by atoms with E-state index in [2.05, 4.69) is 15.6 Å². The van der Waals surface area contributed by atoms with Gasteiger partial charge < -0.3 is 15.2 Å². The van der Waals surface area contributed by atoms with Crippen molar-refractivity contribution < 1.29 is 4.79 Å². The van der Waals surface area contributed by atoms with Crippen molar-refractivity contribution in [3.63, 3.8) is 0 Å². The van der Waals surface area contributed by atoms with Crippen LogP contribution in [0.25, 0.3) is 0 Å². The summed E-state index contributed by atoms with van der Waals surface area (Å²) >= 11 is 0. The molecule has 0 saturated heterocycles. The number of carbonyl (C=O) groups is 1. The first kappa shape index (κ1) is 13.7. The molecule has 5 heteroatoms. The molecule has 96 valence electrons. The lowest BCUT2D eigenvalue weighted by molar-refractivity contribution is -0.122. The van der Waals surface area contributed by atoms with Crippen LogP contribution in [0.1, 0.15) is 32.9 Å². The molecule has 0 spiro atoms. The highest BCUT2D eigenvalue weighted by atomic mass is 16.1. The van der Waals surface area contributed by atoms with E-state index in [4.69, 9.17) is 0 Å². The lowest BCUT2D eigenvalue weighted by Crippen LogP contribution is -2.40. The van der Waals surface area contributed by atoms with E-state index < -0.39 is 0 Å². The van der Waals surface area contributed by atoms with Gasteiger partial charge in [-0.2, -0.15) is 0 Å². The summed E-state index contributed by atoms with van der Waals surface area (Å²) < 4.78 is 2.00. The molecule has 5 nitrogen and oxygen atoms in total. The highest BCUT2D eigenvalue weighted by Gasteiger charge is 2.13. The number of hydrogen-bond acceptors (Lipinski definition) is 3. The smallest absolute Gasteiger partial charge is 0.222 e. The summed E-state index contributed by atoms with van der Waals surface area (Å²) in [5, 5.41) is 6.02. The number of carbonyl (C=O) groups excluding carboxylic acids is 1. The predicted octanol–water partition coefficient (Wildman–Crippen LogP) is 0.907. The lowest BCUT2D eigenvalue weighted by atomic mass is 10.1. The summed E-state index contributed by atoms with van der Waals surface area (Å²) in [6.45, 7) is 7.37. The van der Waals surface area contributed by atoms with Gasteiger partial charge in [-0.3, -0.25) is 4.79 Å². The van der Waals surface area contributed by atoms with Crippen LogP contribution in [0.5, 0.6) is 0 Å². The molecule has 1 aromatic rings. The molecular formula is C12H22N4O. The minimum Gasteiger partial charge on any atom is -0.351 e. The second-order valence-electron chi connectivity index (χ2n) is 5.16. The van der Waals surface area contributed by atoms with E-state index in [9.17, 15) is 4.79 Å². The zero-order valence-electron chi connectivity index (χ0n) is 11.1. The van der Waals surface area contributed by atoms with Crippen LogP contribution in [0.3, 0.4) is 0 Å². The van der Waals surface area contributed by atoms with Crippen LogP contribution in [-0.4, -0.2) is 28.0 Å². The fraction of sp³-hybridized carbons (Fsp3) is 0.667. The summed E-state index contributed by atoms with van der Waals surface area (Å²) in [7, 11) is 1.89. The molecule has 0 atom stereocenters. The van der Waals surface area contributed by atoms with Crippen molar-refractivity contribution in [3.8, 4) is 0 Å². The Hall–Kier alpha value is -1.36. The topological polar surface area (TPSA) is 59.0 Å². The second-order valence-corrected chi connectivity index (χ2v) is 5.16. The molecule has 0 aliphatic heterocycles. The third kappa shape index (κ3) is 4.99. The van der Waals surface area contributed by atoms with Gasteiger partial charge in [0, 0.05) is 31.2 Å². The Balaban J connectivity index is 2.44. The van der Waals surface area contributed by atoms with Crippen LogP contribution in [0.4, 0.5) is 0 Å². The number of imidazole rings is 1. The largest absolute Gasteiger partial charge is 0.351 e. The average Bonchev–Trinajstić information content (AvgIpc) is 2.60. The molecule has 1 rings (SSSR count). The van der Waals surface area contributed by atoms with E-state index in [1.54, 1.807) is 6.33 Å². The zero-order chi connectivity index (χ0) is 12.9. The molecule has 0 unspecified atom stereocenters. The van der Waals surface area contributed by atoms with Crippen LogP contribution in [0.2, 0.25) is 0 Å². The molecule has 1 amide bonds. The van der Waals surface area contributed by atoms with Crippen molar-refractivity contribution in [1.82, 2.24) is 20.2 Å². The maximum atomic E-state index is 11.7. The zero-order valence-corrected chi connectivity index (χ0v) is 11.1. The summed E-state index contributed by atoms with van der Waals surface area (Å²) in [6.07, 6.45) is 4.06. The number of nitrogens with one attached hydrogen (secondary N) is 2. The highest BCUT2D eigenvalue weighted by molar-refractivity contribution is 5.76. The molecule has 2 N–H and O–H groups in total. The molecule has 1 heterocycles. The molecule has 0 aliphatic carbocycles. The van der Waals surface area contributed by atoms with Gasteiger partial charge in [-0.05, 0) is 27.8 Å². The van der Waals surface area contributed by atoms with Crippen LogP contribution >= 0.6 is 0 Å². The molecule has 0 bridgehead atoms. The third-order valence-corrected chi connectivity index (χ3v) is 2.25. The number of rotatable bonds is 5. The summed E-state index contributed by atoms with van der Waals surface area (Å²) in [5.74, 6) is 0.0709. The quantitative estimate of drug-likeness (QED) is 0.801. The van der Waals surface area contributed by atoms with Gasteiger partial charge in [-0.25, -0.2) is 4.98 Å². The standard InChI is InChI=1S/C12H22N4O/c1-12(2,3)15-11(17)5-6-16-9-14-8-10(16)7-13-4/h8-9,13H,5-7H2,1-4H3,(H,15,17). The fourth-order valence-electron chi connectivity index (χ4n) is 1.58. The highest BCUT2D eigenvalue weighted by Crippen LogP contribution is 2.03. The minimum atomic E-state index is -0.167. The first-order chi connectivity index (χ1) is 7.92. The Morgan fingerprint density at radius 1 is 1.47 bits per heavy atom. The van der Waals surface area contributed by atoms with Crippen LogP contribution in [0, 0.1) is 0 Å². The molecular weight excluding hydrogens is 216 g/mol. The van der Waals surface area contributed by atoms with Crippen molar-refractivity contribution in [2.45, 2.75) is 45.8 Å². The minimum absolute atomic E-state index is 0.0709. The number of aromatic nitrogens is 2. The van der Waals surface area contributed by atoms with E-state index in [1.807, 2.05) is 38.6 Å². The first-order valence-corrected chi connectivity index (χ1v) is 5.87. The van der Waals surface area contributed by atoms with Crippen molar-refractivity contribution in [3.05, 3.63) is 18.2 Å². The van der Waals surface area contributed by atoms with Crippen LogP contribution in [-0.2, 0) is 17.9 Å². The van der Waals surface area contributed by atoms with E-state index in [0.717, 1.165) is 12.2 Å². The van der Waals surface area contributed by atoms with Crippen molar-refractivity contribution in [2.75, 3.05) is 7.05 Å². The van der Waals surface area contributed by atoms with E-state index in [1.165, 1.54) is 0 Å².